The van der Waals surface area contributed by atoms with E-state index in [0.29, 0.717) is 24.7 Å². The van der Waals surface area contributed by atoms with Gasteiger partial charge >= 0.3 is 0 Å². The number of hydrogen-bond acceptors (Lipinski definition) is 3. The Bertz CT molecular complexity index is 522. The van der Waals surface area contributed by atoms with E-state index in [9.17, 15) is 9.18 Å². The fourth-order valence-electron chi connectivity index (χ4n) is 2.70. The van der Waals surface area contributed by atoms with E-state index < -0.39 is 0 Å². The molecule has 0 bridgehead atoms. The molecule has 1 aromatic rings. The Kier molecular flexibility index (Phi) is 5.06. The summed E-state index contributed by atoms with van der Waals surface area (Å²) >= 11 is 0. The van der Waals surface area contributed by atoms with E-state index in [1.807, 2.05) is 6.92 Å². The highest BCUT2D eigenvalue weighted by atomic mass is 35.5. The second-order valence-corrected chi connectivity index (χ2v) is 5.59. The summed E-state index contributed by atoms with van der Waals surface area (Å²) in [6.45, 7) is 4.29. The lowest BCUT2D eigenvalue weighted by Gasteiger charge is -2.33. The van der Waals surface area contributed by atoms with Gasteiger partial charge < -0.3 is 15.4 Å². The summed E-state index contributed by atoms with van der Waals surface area (Å²) in [5, 5.41) is 6.21. The van der Waals surface area contributed by atoms with Crippen LogP contribution in [0.2, 0.25) is 0 Å². The molecule has 1 aromatic carbocycles. The first-order valence-corrected chi connectivity index (χ1v) is 7.08. The number of hydrogen-bond donors (Lipinski definition) is 2. The molecule has 3 rings (SSSR count). The molecule has 2 atom stereocenters. The molecule has 2 heterocycles. The van der Waals surface area contributed by atoms with Crippen LogP contribution in [-0.4, -0.2) is 25.6 Å². The van der Waals surface area contributed by atoms with Gasteiger partial charge in [-0.15, -0.1) is 12.4 Å². The third kappa shape index (κ3) is 3.30. The van der Waals surface area contributed by atoms with Crippen molar-refractivity contribution < 1.29 is 13.9 Å². The normalized spacial score (nSPS) is 22.1. The van der Waals surface area contributed by atoms with Crippen LogP contribution in [0.3, 0.4) is 0 Å². The molecule has 1 amide bonds. The predicted molar refractivity (Wildman–Crippen MR) is 80.2 cm³/mol. The summed E-state index contributed by atoms with van der Waals surface area (Å²) in [6, 6.07) is 4.31. The Morgan fingerprint density at radius 2 is 2.24 bits per heavy atom. The van der Waals surface area contributed by atoms with Crippen LogP contribution >= 0.6 is 12.4 Å². The van der Waals surface area contributed by atoms with Crippen LogP contribution in [0.4, 0.5) is 4.39 Å². The predicted octanol–water partition coefficient (Wildman–Crippen LogP) is 2.04. The second-order valence-electron chi connectivity index (χ2n) is 5.59. The summed E-state index contributed by atoms with van der Waals surface area (Å²) in [4.78, 5) is 12.3. The van der Waals surface area contributed by atoms with Crippen LogP contribution in [0.25, 0.3) is 0 Å². The number of rotatable bonds is 3. The number of nitrogens with one attached hydrogen (secondary N) is 2. The molecule has 1 saturated heterocycles. The Morgan fingerprint density at radius 3 is 2.90 bits per heavy atom. The van der Waals surface area contributed by atoms with Gasteiger partial charge in [0.1, 0.15) is 11.6 Å². The van der Waals surface area contributed by atoms with Gasteiger partial charge in [0.2, 0.25) is 5.91 Å². The van der Waals surface area contributed by atoms with E-state index in [1.165, 1.54) is 12.1 Å². The molecule has 0 aliphatic carbocycles. The Hall–Kier alpha value is -1.33. The highest BCUT2D eigenvalue weighted by molar-refractivity contribution is 5.85. The molecule has 0 aromatic heterocycles. The lowest BCUT2D eigenvalue weighted by Crippen LogP contribution is -2.50. The van der Waals surface area contributed by atoms with E-state index in [2.05, 4.69) is 10.6 Å². The lowest BCUT2D eigenvalue weighted by atomic mass is 9.87. The third-order valence-electron chi connectivity index (χ3n) is 4.26. The summed E-state index contributed by atoms with van der Waals surface area (Å²) < 4.78 is 18.9. The molecule has 116 valence electrons. The van der Waals surface area contributed by atoms with E-state index in [0.717, 1.165) is 18.7 Å². The first kappa shape index (κ1) is 16.0. The minimum absolute atomic E-state index is 0. The smallest absolute Gasteiger partial charge is 0.223 e. The average molecular weight is 315 g/mol. The number of amides is 1. The zero-order chi connectivity index (χ0) is 14.1. The van der Waals surface area contributed by atoms with E-state index in [-0.39, 0.29) is 36.1 Å². The van der Waals surface area contributed by atoms with Crippen molar-refractivity contribution in [2.45, 2.75) is 19.4 Å². The minimum atomic E-state index is -0.301. The zero-order valence-corrected chi connectivity index (χ0v) is 12.7. The molecule has 21 heavy (non-hydrogen) atoms. The van der Waals surface area contributed by atoms with Gasteiger partial charge in [0.25, 0.3) is 0 Å². The van der Waals surface area contributed by atoms with Crippen molar-refractivity contribution in [2.24, 2.45) is 11.8 Å². The molecule has 0 spiro atoms. The number of halogens is 2. The van der Waals surface area contributed by atoms with Gasteiger partial charge in [-0.2, -0.15) is 0 Å². The van der Waals surface area contributed by atoms with Crippen LogP contribution in [-0.2, 0) is 4.79 Å². The van der Waals surface area contributed by atoms with Gasteiger partial charge in [-0.1, -0.05) is 6.92 Å². The van der Waals surface area contributed by atoms with Crippen LogP contribution < -0.4 is 15.4 Å². The lowest BCUT2D eigenvalue weighted by molar-refractivity contribution is -0.127. The van der Waals surface area contributed by atoms with Gasteiger partial charge in [-0.3, -0.25) is 4.79 Å². The first-order chi connectivity index (χ1) is 9.65. The van der Waals surface area contributed by atoms with E-state index in [1.54, 1.807) is 6.07 Å². The van der Waals surface area contributed by atoms with Crippen LogP contribution in [0, 0.1) is 17.7 Å². The fraction of sp³-hybridized carbons (Fsp3) is 0.533. The zero-order valence-electron chi connectivity index (χ0n) is 11.9. The van der Waals surface area contributed by atoms with Gasteiger partial charge in [-0.25, -0.2) is 4.39 Å². The van der Waals surface area contributed by atoms with Gasteiger partial charge in [0.15, 0.2) is 0 Å². The SMILES string of the molecule is CC(C(=O)NC1CCOc2ccc(F)cc21)C1CNC1.Cl. The largest absolute Gasteiger partial charge is 0.493 e. The molecule has 6 heteroatoms. The molecule has 2 aliphatic rings. The molecule has 2 N–H and O–H groups in total. The Balaban J connectivity index is 0.00000161. The van der Waals surface area contributed by atoms with Crippen molar-refractivity contribution in [3.63, 3.8) is 0 Å². The molecule has 1 fully saturated rings. The number of carbonyl (C=O) groups is 1. The van der Waals surface area contributed by atoms with Gasteiger partial charge in [0, 0.05) is 17.9 Å². The highest BCUT2D eigenvalue weighted by Gasteiger charge is 2.31. The molecule has 0 radical (unpaired) electrons. The van der Waals surface area contributed by atoms with Crippen LogP contribution in [0.15, 0.2) is 18.2 Å². The van der Waals surface area contributed by atoms with Crippen molar-refractivity contribution in [1.29, 1.82) is 0 Å². The topological polar surface area (TPSA) is 50.4 Å². The van der Waals surface area contributed by atoms with Crippen molar-refractivity contribution in [3.8, 4) is 5.75 Å². The number of carbonyl (C=O) groups excluding carboxylic acids is 1. The summed E-state index contributed by atoms with van der Waals surface area (Å²) in [6.07, 6.45) is 0.678. The summed E-state index contributed by atoms with van der Waals surface area (Å²) in [5.74, 6) is 0.794. The maximum atomic E-state index is 13.4. The molecule has 4 nitrogen and oxygen atoms in total. The molecular weight excluding hydrogens is 295 g/mol. The maximum Gasteiger partial charge on any atom is 0.223 e. The summed E-state index contributed by atoms with van der Waals surface area (Å²) in [5.41, 5.74) is 0.739. The highest BCUT2D eigenvalue weighted by Crippen LogP contribution is 2.33. The van der Waals surface area contributed by atoms with Crippen molar-refractivity contribution in [2.75, 3.05) is 19.7 Å². The van der Waals surface area contributed by atoms with Crippen LogP contribution in [0.5, 0.6) is 5.75 Å². The van der Waals surface area contributed by atoms with Crippen molar-refractivity contribution in [3.05, 3.63) is 29.6 Å². The molecule has 2 aliphatic heterocycles. The number of benzene rings is 1. The van der Waals surface area contributed by atoms with Gasteiger partial charge in [0.05, 0.1) is 12.6 Å². The van der Waals surface area contributed by atoms with Crippen molar-refractivity contribution in [1.82, 2.24) is 10.6 Å². The maximum absolute atomic E-state index is 13.4. The first-order valence-electron chi connectivity index (χ1n) is 7.08. The van der Waals surface area contributed by atoms with Gasteiger partial charge in [-0.05, 0) is 37.2 Å². The monoisotopic (exact) mass is 314 g/mol. The standard InChI is InChI=1S/C15H19FN2O2.ClH/c1-9(10-7-17-8-10)15(19)18-13-4-5-20-14-3-2-11(16)6-12(13)14;/h2-3,6,9-10,13,17H,4-5,7-8H2,1H3,(H,18,19);1H. The molecule has 0 saturated carbocycles. The Labute approximate surface area is 129 Å². The van der Waals surface area contributed by atoms with E-state index in [4.69, 9.17) is 4.74 Å². The van der Waals surface area contributed by atoms with E-state index >= 15 is 0 Å². The van der Waals surface area contributed by atoms with Crippen LogP contribution in [0.1, 0.15) is 24.9 Å². The second kappa shape index (κ2) is 6.62. The summed E-state index contributed by atoms with van der Waals surface area (Å²) in [7, 11) is 0. The fourth-order valence-corrected chi connectivity index (χ4v) is 2.70. The minimum Gasteiger partial charge on any atom is -0.493 e. The third-order valence-corrected chi connectivity index (χ3v) is 4.26. The average Bonchev–Trinajstić information content (AvgIpc) is 2.37. The van der Waals surface area contributed by atoms with Crippen molar-refractivity contribution >= 4 is 18.3 Å². The quantitative estimate of drug-likeness (QED) is 0.897. The molecular formula is C15H20ClFN2O2. The number of ether oxygens (including phenoxy) is 1. The Morgan fingerprint density at radius 1 is 1.48 bits per heavy atom. The number of fused-ring (bicyclic) bond motifs is 1. The molecule has 2 unspecified atom stereocenters.